The Balaban J connectivity index is 1.42. The number of aryl methyl sites for hydroxylation is 2. The number of thiazole rings is 1. The molecule has 124 valence electrons. The molecule has 0 aromatic carbocycles. The summed E-state index contributed by atoms with van der Waals surface area (Å²) >= 11 is 1.82. The fourth-order valence-electron chi connectivity index (χ4n) is 4.05. The van der Waals surface area contributed by atoms with Crippen molar-refractivity contribution in [3.05, 3.63) is 39.5 Å². The zero-order valence-electron chi connectivity index (χ0n) is 14.1. The van der Waals surface area contributed by atoms with Crippen molar-refractivity contribution < 1.29 is 0 Å². The number of likely N-dealkylation sites (tertiary alicyclic amines) is 1. The Morgan fingerprint density at radius 1 is 1.25 bits per heavy atom. The van der Waals surface area contributed by atoms with Crippen molar-refractivity contribution in [2.45, 2.75) is 20.4 Å². The number of anilines is 1. The number of nitrogens with zero attached hydrogens (tertiary/aromatic N) is 5. The normalized spacial score (nSPS) is 23.5. The Kier molecular flexibility index (Phi) is 3.99. The molecule has 2 aromatic rings. The van der Waals surface area contributed by atoms with Crippen LogP contribution in [0.2, 0.25) is 0 Å². The van der Waals surface area contributed by atoms with Crippen LogP contribution in [-0.2, 0) is 6.54 Å². The average Bonchev–Trinajstić information content (AvgIpc) is 3.21. The van der Waals surface area contributed by atoms with E-state index in [1.165, 1.54) is 10.6 Å². The fraction of sp³-hybridized carbons (Fsp3) is 0.500. The van der Waals surface area contributed by atoms with E-state index < -0.39 is 0 Å². The Morgan fingerprint density at radius 3 is 2.62 bits per heavy atom. The van der Waals surface area contributed by atoms with Crippen LogP contribution in [0.15, 0.2) is 18.3 Å². The van der Waals surface area contributed by atoms with Crippen LogP contribution < -0.4 is 4.90 Å². The SMILES string of the molecule is Cc1nc(C)c(CN2CC3CN(c4ncccc4C#N)CC3C2)s1. The van der Waals surface area contributed by atoms with Crippen molar-refractivity contribution >= 4 is 17.2 Å². The lowest BCUT2D eigenvalue weighted by molar-refractivity contribution is 0.310. The van der Waals surface area contributed by atoms with Gasteiger partial charge in [0.25, 0.3) is 0 Å². The predicted octanol–water partition coefficient (Wildman–Crippen LogP) is 2.59. The maximum atomic E-state index is 9.29. The van der Waals surface area contributed by atoms with E-state index in [-0.39, 0.29) is 0 Å². The van der Waals surface area contributed by atoms with Crippen LogP contribution in [0.4, 0.5) is 5.82 Å². The van der Waals surface area contributed by atoms with Crippen molar-refractivity contribution in [2.24, 2.45) is 11.8 Å². The summed E-state index contributed by atoms with van der Waals surface area (Å²) in [5.74, 6) is 2.20. The van der Waals surface area contributed by atoms with Crippen LogP contribution in [0.1, 0.15) is 21.1 Å². The number of hydrogen-bond donors (Lipinski definition) is 0. The first-order valence-electron chi connectivity index (χ1n) is 8.39. The Morgan fingerprint density at radius 2 is 2.00 bits per heavy atom. The van der Waals surface area contributed by atoms with Gasteiger partial charge in [0, 0.05) is 43.8 Å². The van der Waals surface area contributed by atoms with Crippen LogP contribution in [-0.4, -0.2) is 41.0 Å². The molecule has 2 unspecified atom stereocenters. The second kappa shape index (κ2) is 6.15. The van der Waals surface area contributed by atoms with Gasteiger partial charge in [-0.3, -0.25) is 4.90 Å². The zero-order chi connectivity index (χ0) is 16.7. The first-order valence-corrected chi connectivity index (χ1v) is 9.21. The molecule has 0 amide bonds. The van der Waals surface area contributed by atoms with Crippen molar-refractivity contribution in [2.75, 3.05) is 31.1 Å². The largest absolute Gasteiger partial charge is 0.355 e. The standard InChI is InChI=1S/C18H21N5S/c1-12-17(24-13(2)21-12)11-22-7-15-9-23(10-16(15)8-22)18-14(6-19)4-3-5-20-18/h3-5,15-16H,7-11H2,1-2H3. The molecule has 0 bridgehead atoms. The molecule has 0 radical (unpaired) electrons. The average molecular weight is 339 g/mol. The summed E-state index contributed by atoms with van der Waals surface area (Å²) < 4.78 is 0. The monoisotopic (exact) mass is 339 g/mol. The quantitative estimate of drug-likeness (QED) is 0.860. The van der Waals surface area contributed by atoms with E-state index in [1.807, 2.05) is 23.5 Å². The van der Waals surface area contributed by atoms with Crippen LogP contribution in [0.5, 0.6) is 0 Å². The van der Waals surface area contributed by atoms with Crippen molar-refractivity contribution in [1.29, 1.82) is 5.26 Å². The molecule has 4 rings (SSSR count). The highest BCUT2D eigenvalue weighted by Gasteiger charge is 2.40. The summed E-state index contributed by atoms with van der Waals surface area (Å²) in [6.07, 6.45) is 1.78. The van der Waals surface area contributed by atoms with E-state index in [2.05, 4.69) is 39.7 Å². The molecular formula is C18H21N5S. The summed E-state index contributed by atoms with van der Waals surface area (Å²) in [6.45, 7) is 9.50. The van der Waals surface area contributed by atoms with Gasteiger partial charge in [-0.15, -0.1) is 11.3 Å². The third-order valence-corrected chi connectivity index (χ3v) is 6.19. The molecular weight excluding hydrogens is 318 g/mol. The number of nitriles is 1. The third kappa shape index (κ3) is 2.79. The molecule has 0 saturated carbocycles. The smallest absolute Gasteiger partial charge is 0.146 e. The van der Waals surface area contributed by atoms with Crippen LogP contribution in [0.25, 0.3) is 0 Å². The molecule has 24 heavy (non-hydrogen) atoms. The maximum Gasteiger partial charge on any atom is 0.146 e. The van der Waals surface area contributed by atoms with Gasteiger partial charge in [0.05, 0.1) is 16.3 Å². The highest BCUT2D eigenvalue weighted by Crippen LogP contribution is 2.35. The minimum Gasteiger partial charge on any atom is -0.355 e. The number of hydrogen-bond acceptors (Lipinski definition) is 6. The first-order chi connectivity index (χ1) is 11.6. The molecule has 0 aliphatic carbocycles. The van der Waals surface area contributed by atoms with E-state index >= 15 is 0 Å². The van der Waals surface area contributed by atoms with Gasteiger partial charge in [0.1, 0.15) is 11.9 Å². The minimum absolute atomic E-state index is 0.674. The molecule has 0 N–H and O–H groups in total. The van der Waals surface area contributed by atoms with Gasteiger partial charge in [-0.25, -0.2) is 9.97 Å². The summed E-state index contributed by atoms with van der Waals surface area (Å²) in [4.78, 5) is 15.3. The molecule has 2 fully saturated rings. The van der Waals surface area contributed by atoms with Crippen molar-refractivity contribution in [3.63, 3.8) is 0 Å². The van der Waals surface area contributed by atoms with E-state index in [0.717, 1.165) is 43.5 Å². The third-order valence-electron chi connectivity index (χ3n) is 5.14. The van der Waals surface area contributed by atoms with Crippen molar-refractivity contribution in [3.8, 4) is 6.07 Å². The molecule has 2 aliphatic rings. The lowest BCUT2D eigenvalue weighted by Crippen LogP contribution is -2.29. The van der Waals surface area contributed by atoms with Crippen LogP contribution in [0, 0.1) is 37.0 Å². The van der Waals surface area contributed by atoms with Crippen LogP contribution >= 0.6 is 11.3 Å². The topological polar surface area (TPSA) is 56.1 Å². The Labute approximate surface area is 146 Å². The second-order valence-electron chi connectivity index (χ2n) is 6.85. The molecule has 4 heterocycles. The molecule has 2 aliphatic heterocycles. The Hall–Kier alpha value is -1.97. The van der Waals surface area contributed by atoms with E-state index in [0.29, 0.717) is 17.4 Å². The summed E-state index contributed by atoms with van der Waals surface area (Å²) in [5, 5.41) is 10.4. The number of rotatable bonds is 3. The molecule has 6 heteroatoms. The highest BCUT2D eigenvalue weighted by atomic mass is 32.1. The highest BCUT2D eigenvalue weighted by molar-refractivity contribution is 7.11. The van der Waals surface area contributed by atoms with E-state index in [4.69, 9.17) is 0 Å². The summed E-state index contributed by atoms with van der Waals surface area (Å²) in [5.41, 5.74) is 1.87. The van der Waals surface area contributed by atoms with Gasteiger partial charge in [-0.05, 0) is 37.8 Å². The lowest BCUT2D eigenvalue weighted by Gasteiger charge is -2.22. The number of aromatic nitrogens is 2. The Bertz CT molecular complexity index is 779. The van der Waals surface area contributed by atoms with Gasteiger partial charge in [0.15, 0.2) is 0 Å². The first kappa shape index (κ1) is 15.6. The van der Waals surface area contributed by atoms with Gasteiger partial charge in [-0.2, -0.15) is 5.26 Å². The molecule has 0 spiro atoms. The van der Waals surface area contributed by atoms with E-state index in [9.17, 15) is 5.26 Å². The fourth-order valence-corrected chi connectivity index (χ4v) is 5.03. The second-order valence-corrected chi connectivity index (χ2v) is 8.13. The zero-order valence-corrected chi connectivity index (χ0v) is 14.9. The number of pyridine rings is 1. The van der Waals surface area contributed by atoms with Gasteiger partial charge in [0.2, 0.25) is 0 Å². The van der Waals surface area contributed by atoms with E-state index in [1.54, 1.807) is 6.20 Å². The van der Waals surface area contributed by atoms with Crippen LogP contribution in [0.3, 0.4) is 0 Å². The molecule has 2 aromatic heterocycles. The molecule has 2 atom stereocenters. The number of fused-ring (bicyclic) bond motifs is 1. The van der Waals surface area contributed by atoms with Gasteiger partial charge in [-0.1, -0.05) is 0 Å². The summed E-state index contributed by atoms with van der Waals surface area (Å²) in [6, 6.07) is 5.96. The van der Waals surface area contributed by atoms with Crippen molar-refractivity contribution in [1.82, 2.24) is 14.9 Å². The van der Waals surface area contributed by atoms with Gasteiger partial charge < -0.3 is 4.90 Å². The lowest BCUT2D eigenvalue weighted by atomic mass is 10.0. The molecule has 5 nitrogen and oxygen atoms in total. The predicted molar refractivity (Wildman–Crippen MR) is 95.0 cm³/mol. The minimum atomic E-state index is 0.674. The van der Waals surface area contributed by atoms with Gasteiger partial charge >= 0.3 is 0 Å². The maximum absolute atomic E-state index is 9.29. The summed E-state index contributed by atoms with van der Waals surface area (Å²) in [7, 11) is 0. The molecule has 2 saturated heterocycles.